The Morgan fingerprint density at radius 1 is 1.18 bits per heavy atom. The Bertz CT molecular complexity index is 700. The molecule has 0 radical (unpaired) electrons. The molecule has 0 bridgehead atoms. The molecule has 1 N–H and O–H groups in total. The second-order valence-corrected chi connectivity index (χ2v) is 7.07. The molecular weight excluding hydrogens is 457 g/mol. The van der Waals surface area contributed by atoms with Crippen molar-refractivity contribution in [3.63, 3.8) is 0 Å². The van der Waals surface area contributed by atoms with E-state index >= 15 is 0 Å². The molecule has 3 nitrogen and oxygen atoms in total. The highest BCUT2D eigenvalue weighted by atomic mass is 79.9. The summed E-state index contributed by atoms with van der Waals surface area (Å²) in [7, 11) is 0. The first kappa shape index (κ1) is 17.6. The number of hydrogen-bond acceptors (Lipinski definition) is 2. The van der Waals surface area contributed by atoms with Crippen molar-refractivity contribution < 1.29 is 9.53 Å². The lowest BCUT2D eigenvalue weighted by Gasteiger charge is -2.12. The van der Waals surface area contributed by atoms with Crippen LogP contribution in [-0.4, -0.2) is 12.5 Å². The average Bonchev–Trinajstić information content (AvgIpc) is 2.40. The van der Waals surface area contributed by atoms with Crippen molar-refractivity contribution in [3.05, 3.63) is 54.9 Å². The van der Waals surface area contributed by atoms with Gasteiger partial charge in [0.15, 0.2) is 12.4 Å². The smallest absolute Gasteiger partial charge is 0.262 e. The fourth-order valence-corrected chi connectivity index (χ4v) is 3.67. The lowest BCUT2D eigenvalue weighted by Crippen LogP contribution is -2.20. The minimum Gasteiger partial charge on any atom is -0.481 e. The molecule has 0 saturated heterocycles. The van der Waals surface area contributed by atoms with Crippen LogP contribution in [0.4, 0.5) is 5.69 Å². The molecule has 22 heavy (non-hydrogen) atoms. The summed E-state index contributed by atoms with van der Waals surface area (Å²) >= 11 is 18.6. The van der Waals surface area contributed by atoms with E-state index in [0.717, 1.165) is 10.0 Å². The Labute approximate surface area is 155 Å². The second-order valence-electron chi connectivity index (χ2n) is 4.52. The zero-order chi connectivity index (χ0) is 16.3. The molecule has 0 aromatic heterocycles. The Hall–Kier alpha value is -0.750. The van der Waals surface area contributed by atoms with Gasteiger partial charge in [-0.1, -0.05) is 29.3 Å². The third-order valence-corrected chi connectivity index (χ3v) is 4.45. The Kier molecular flexibility index (Phi) is 6.15. The summed E-state index contributed by atoms with van der Waals surface area (Å²) < 4.78 is 6.86. The first-order chi connectivity index (χ1) is 10.4. The monoisotopic (exact) mass is 465 g/mol. The van der Waals surface area contributed by atoms with Gasteiger partial charge in [-0.15, -0.1) is 0 Å². The van der Waals surface area contributed by atoms with Crippen LogP contribution in [0.25, 0.3) is 0 Å². The highest BCUT2D eigenvalue weighted by Crippen LogP contribution is 2.36. The molecule has 1 amide bonds. The van der Waals surface area contributed by atoms with Crippen LogP contribution in [0.15, 0.2) is 39.3 Å². The maximum absolute atomic E-state index is 12.0. The summed E-state index contributed by atoms with van der Waals surface area (Å²) in [5.74, 6) is 0.0895. The largest absolute Gasteiger partial charge is 0.481 e. The van der Waals surface area contributed by atoms with Crippen molar-refractivity contribution >= 4 is 66.7 Å². The van der Waals surface area contributed by atoms with Gasteiger partial charge in [-0.2, -0.15) is 0 Å². The summed E-state index contributed by atoms with van der Waals surface area (Å²) in [4.78, 5) is 12.0. The number of anilines is 1. The van der Waals surface area contributed by atoms with Crippen molar-refractivity contribution in [3.8, 4) is 5.75 Å². The molecule has 0 saturated carbocycles. The molecule has 0 aliphatic carbocycles. The number of halogens is 4. The van der Waals surface area contributed by atoms with E-state index in [2.05, 4.69) is 37.2 Å². The molecule has 2 aromatic carbocycles. The van der Waals surface area contributed by atoms with Crippen LogP contribution >= 0.6 is 55.1 Å². The third-order valence-electron chi connectivity index (χ3n) is 2.71. The quantitative estimate of drug-likeness (QED) is 0.613. The van der Waals surface area contributed by atoms with Gasteiger partial charge < -0.3 is 10.1 Å². The normalized spacial score (nSPS) is 10.4. The zero-order valence-electron chi connectivity index (χ0n) is 11.4. The first-order valence-electron chi connectivity index (χ1n) is 6.20. The number of hydrogen-bond donors (Lipinski definition) is 1. The lowest BCUT2D eigenvalue weighted by molar-refractivity contribution is -0.118. The van der Waals surface area contributed by atoms with E-state index in [9.17, 15) is 4.79 Å². The molecule has 0 aliphatic rings. The third kappa shape index (κ3) is 4.62. The fourth-order valence-electron chi connectivity index (χ4n) is 1.71. The van der Waals surface area contributed by atoms with Crippen LogP contribution in [0.3, 0.4) is 0 Å². The number of carbonyl (C=O) groups excluding carboxylic acids is 1. The molecule has 116 valence electrons. The van der Waals surface area contributed by atoms with Gasteiger partial charge in [-0.3, -0.25) is 4.79 Å². The topological polar surface area (TPSA) is 38.3 Å². The van der Waals surface area contributed by atoms with Gasteiger partial charge >= 0.3 is 0 Å². The van der Waals surface area contributed by atoms with E-state index in [4.69, 9.17) is 27.9 Å². The summed E-state index contributed by atoms with van der Waals surface area (Å²) in [6, 6.07) is 8.86. The van der Waals surface area contributed by atoms with Gasteiger partial charge in [0.2, 0.25) is 0 Å². The van der Waals surface area contributed by atoms with Crippen LogP contribution in [0.5, 0.6) is 5.75 Å². The molecule has 0 heterocycles. The van der Waals surface area contributed by atoms with E-state index in [-0.39, 0.29) is 12.5 Å². The summed E-state index contributed by atoms with van der Waals surface area (Å²) in [6.45, 7) is 1.81. The van der Waals surface area contributed by atoms with E-state index in [1.807, 2.05) is 25.1 Å². The van der Waals surface area contributed by atoms with Crippen molar-refractivity contribution in [2.24, 2.45) is 0 Å². The van der Waals surface area contributed by atoms with Gasteiger partial charge in [0.05, 0.1) is 15.2 Å². The van der Waals surface area contributed by atoms with Crippen molar-refractivity contribution in [2.45, 2.75) is 6.92 Å². The molecule has 0 unspecified atom stereocenters. The number of amides is 1. The van der Waals surface area contributed by atoms with Gasteiger partial charge in [0.1, 0.15) is 0 Å². The first-order valence-corrected chi connectivity index (χ1v) is 8.54. The number of carbonyl (C=O) groups is 1. The number of nitrogens with one attached hydrogen (secondary N) is 1. The second kappa shape index (κ2) is 7.68. The highest BCUT2D eigenvalue weighted by molar-refractivity contribution is 9.11. The highest BCUT2D eigenvalue weighted by Gasteiger charge is 2.12. The lowest BCUT2D eigenvalue weighted by atomic mass is 10.2. The van der Waals surface area contributed by atoms with E-state index in [0.29, 0.717) is 26.0 Å². The predicted molar refractivity (Wildman–Crippen MR) is 97.2 cm³/mol. The summed E-state index contributed by atoms with van der Waals surface area (Å²) in [6.07, 6.45) is 0. The number of rotatable bonds is 4. The van der Waals surface area contributed by atoms with Crippen LogP contribution < -0.4 is 10.1 Å². The van der Waals surface area contributed by atoms with Gasteiger partial charge in [0.25, 0.3) is 5.91 Å². The van der Waals surface area contributed by atoms with Crippen LogP contribution in [0, 0.1) is 6.92 Å². The van der Waals surface area contributed by atoms with E-state index < -0.39 is 0 Å². The average molecular weight is 468 g/mol. The number of aryl methyl sites for hydroxylation is 1. The molecule has 0 fully saturated rings. The van der Waals surface area contributed by atoms with Crippen molar-refractivity contribution in [1.29, 1.82) is 0 Å². The standard InChI is InChI=1S/C15H11Br2Cl2NO2/c1-8-2-3-13(10(16)4-8)20-14(21)7-22-15-11(17)5-9(18)6-12(15)19/h2-6H,7H2,1H3,(H,20,21). The van der Waals surface area contributed by atoms with Crippen molar-refractivity contribution in [2.75, 3.05) is 11.9 Å². The molecule has 0 aliphatic heterocycles. The van der Waals surface area contributed by atoms with Gasteiger partial charge in [-0.05, 0) is 68.6 Å². The Morgan fingerprint density at radius 2 is 1.91 bits per heavy atom. The van der Waals surface area contributed by atoms with Crippen molar-refractivity contribution in [1.82, 2.24) is 0 Å². The Balaban J connectivity index is 2.02. The Morgan fingerprint density at radius 3 is 2.55 bits per heavy atom. The van der Waals surface area contributed by atoms with E-state index in [1.165, 1.54) is 0 Å². The van der Waals surface area contributed by atoms with E-state index in [1.54, 1.807) is 12.1 Å². The zero-order valence-corrected chi connectivity index (χ0v) is 16.1. The molecule has 2 rings (SSSR count). The van der Waals surface area contributed by atoms with Crippen LogP contribution in [0.2, 0.25) is 10.0 Å². The molecule has 2 aromatic rings. The van der Waals surface area contributed by atoms with Crippen LogP contribution in [-0.2, 0) is 4.79 Å². The maximum Gasteiger partial charge on any atom is 0.262 e. The fraction of sp³-hybridized carbons (Fsp3) is 0.133. The maximum atomic E-state index is 12.0. The summed E-state index contributed by atoms with van der Waals surface area (Å²) in [5.41, 5.74) is 1.78. The van der Waals surface area contributed by atoms with Gasteiger partial charge in [0, 0.05) is 9.50 Å². The number of ether oxygens (including phenoxy) is 1. The minimum atomic E-state index is -0.289. The molecular formula is C15H11Br2Cl2NO2. The summed E-state index contributed by atoms with van der Waals surface area (Å²) in [5, 5.41) is 3.58. The molecule has 7 heteroatoms. The van der Waals surface area contributed by atoms with Gasteiger partial charge in [-0.25, -0.2) is 0 Å². The molecule has 0 spiro atoms. The SMILES string of the molecule is Cc1ccc(NC(=O)COc2c(Cl)cc(Cl)cc2Br)c(Br)c1. The molecule has 0 atom stereocenters. The predicted octanol–water partition coefficient (Wildman–Crippen LogP) is 5.84. The number of benzene rings is 2. The minimum absolute atomic E-state index is 0.166. The van der Waals surface area contributed by atoms with Crippen LogP contribution in [0.1, 0.15) is 5.56 Å².